The normalized spacial score (nSPS) is 14.2. The minimum Gasteiger partial charge on any atom is -0.462 e. The monoisotopic (exact) mass is 424 g/mol. The predicted octanol–water partition coefficient (Wildman–Crippen LogP) is 1.62. The highest BCUT2D eigenvalue weighted by Gasteiger charge is 2.25. The number of nitrogens with one attached hydrogen (secondary N) is 2. The van der Waals surface area contributed by atoms with Crippen molar-refractivity contribution < 1.29 is 24.0 Å². The lowest BCUT2D eigenvalue weighted by molar-refractivity contribution is -0.895. The lowest BCUT2D eigenvalue weighted by Gasteiger charge is -2.32. The Bertz CT molecular complexity index is 875. The summed E-state index contributed by atoms with van der Waals surface area (Å²) in [5.41, 5.74) is 1.81. The molecule has 1 aliphatic heterocycles. The standard InChI is InChI=1S/C24H29N3O4/c1-2-3-17-31-24(30)20-9-11-21(12-10-20)25-22(28)18-26-13-15-27(16-14-26)23(29)19-7-5-4-6-8-19/h4-12H,2-3,13-18H2,1H3,(H,25,28)/p+1. The molecule has 3 rings (SSSR count). The minimum atomic E-state index is -0.348. The fourth-order valence-corrected chi connectivity index (χ4v) is 3.48. The van der Waals surface area contributed by atoms with Gasteiger partial charge in [-0.3, -0.25) is 9.59 Å². The molecule has 7 heteroatoms. The third-order valence-electron chi connectivity index (χ3n) is 5.32. The number of unbranched alkanes of at least 4 members (excludes halogenated alkanes) is 1. The molecule has 164 valence electrons. The van der Waals surface area contributed by atoms with Gasteiger partial charge in [0.05, 0.1) is 38.3 Å². The number of rotatable bonds is 8. The molecule has 7 nitrogen and oxygen atoms in total. The number of benzene rings is 2. The number of esters is 1. The Morgan fingerprint density at radius 3 is 2.29 bits per heavy atom. The second-order valence-electron chi connectivity index (χ2n) is 7.70. The first-order chi connectivity index (χ1) is 15.1. The SMILES string of the molecule is CCCCOC(=O)c1ccc(NC(=O)C[NH+]2CCN(C(=O)c3ccccc3)CC2)cc1. The Kier molecular flexibility index (Phi) is 8.18. The summed E-state index contributed by atoms with van der Waals surface area (Å²) in [6, 6.07) is 16.0. The van der Waals surface area contributed by atoms with Gasteiger partial charge in [0.2, 0.25) is 0 Å². The van der Waals surface area contributed by atoms with Gasteiger partial charge in [-0.25, -0.2) is 4.79 Å². The second kappa shape index (κ2) is 11.3. The summed E-state index contributed by atoms with van der Waals surface area (Å²) in [6.45, 7) is 5.52. The van der Waals surface area contributed by atoms with Crippen molar-refractivity contribution in [3.63, 3.8) is 0 Å². The van der Waals surface area contributed by atoms with E-state index in [1.807, 2.05) is 42.2 Å². The van der Waals surface area contributed by atoms with Crippen LogP contribution in [0.3, 0.4) is 0 Å². The average Bonchev–Trinajstić information content (AvgIpc) is 2.80. The number of ether oxygens (including phenoxy) is 1. The summed E-state index contributed by atoms with van der Waals surface area (Å²) >= 11 is 0. The lowest BCUT2D eigenvalue weighted by Crippen LogP contribution is -3.15. The molecule has 0 radical (unpaired) electrons. The number of nitrogens with zero attached hydrogens (tertiary/aromatic N) is 1. The molecule has 0 aliphatic carbocycles. The number of hydrogen-bond donors (Lipinski definition) is 2. The fourth-order valence-electron chi connectivity index (χ4n) is 3.48. The minimum absolute atomic E-state index is 0.0393. The van der Waals surface area contributed by atoms with E-state index in [2.05, 4.69) is 5.32 Å². The van der Waals surface area contributed by atoms with Crippen molar-refractivity contribution in [2.45, 2.75) is 19.8 Å². The predicted molar refractivity (Wildman–Crippen MR) is 118 cm³/mol. The maximum Gasteiger partial charge on any atom is 0.338 e. The molecule has 0 bridgehead atoms. The van der Waals surface area contributed by atoms with Gasteiger partial charge >= 0.3 is 5.97 Å². The van der Waals surface area contributed by atoms with Gasteiger partial charge in [-0.15, -0.1) is 0 Å². The fraction of sp³-hybridized carbons (Fsp3) is 0.375. The van der Waals surface area contributed by atoms with Crippen LogP contribution in [0.2, 0.25) is 0 Å². The summed E-state index contributed by atoms with van der Waals surface area (Å²) in [5, 5.41) is 2.88. The number of quaternary nitrogens is 1. The Morgan fingerprint density at radius 2 is 1.65 bits per heavy atom. The molecule has 0 atom stereocenters. The average molecular weight is 425 g/mol. The van der Waals surface area contributed by atoms with Crippen LogP contribution in [-0.2, 0) is 9.53 Å². The van der Waals surface area contributed by atoms with Crippen LogP contribution in [0.1, 0.15) is 40.5 Å². The first kappa shape index (κ1) is 22.5. The number of piperazine rings is 1. The number of anilines is 1. The molecule has 0 spiro atoms. The number of hydrogen-bond acceptors (Lipinski definition) is 4. The zero-order valence-corrected chi connectivity index (χ0v) is 17.9. The molecule has 0 saturated carbocycles. The zero-order valence-electron chi connectivity index (χ0n) is 17.9. The van der Waals surface area contributed by atoms with E-state index in [-0.39, 0.29) is 17.8 Å². The van der Waals surface area contributed by atoms with Crippen LogP contribution in [0, 0.1) is 0 Å². The van der Waals surface area contributed by atoms with Crippen molar-refractivity contribution in [2.24, 2.45) is 0 Å². The third kappa shape index (κ3) is 6.65. The van der Waals surface area contributed by atoms with Crippen molar-refractivity contribution >= 4 is 23.5 Å². The third-order valence-corrected chi connectivity index (χ3v) is 5.32. The van der Waals surface area contributed by atoms with E-state index in [9.17, 15) is 14.4 Å². The summed E-state index contributed by atoms with van der Waals surface area (Å²) in [6.07, 6.45) is 1.81. The molecule has 2 N–H and O–H groups in total. The van der Waals surface area contributed by atoms with Crippen LogP contribution < -0.4 is 10.2 Å². The van der Waals surface area contributed by atoms with Crippen LogP contribution in [0.4, 0.5) is 5.69 Å². The molecule has 1 heterocycles. The summed E-state index contributed by atoms with van der Waals surface area (Å²) in [5.74, 6) is -0.396. The molecule has 1 aliphatic rings. The molecule has 1 fully saturated rings. The number of carbonyl (C=O) groups excluding carboxylic acids is 3. The van der Waals surface area contributed by atoms with Crippen LogP contribution in [0.5, 0.6) is 0 Å². The van der Waals surface area contributed by atoms with Crippen LogP contribution in [0.15, 0.2) is 54.6 Å². The molecular formula is C24H30N3O4+. The van der Waals surface area contributed by atoms with E-state index in [0.29, 0.717) is 43.1 Å². The van der Waals surface area contributed by atoms with Crippen molar-refractivity contribution in [2.75, 3.05) is 44.6 Å². The number of amides is 2. The molecule has 1 saturated heterocycles. The van der Waals surface area contributed by atoms with Crippen LogP contribution >= 0.6 is 0 Å². The van der Waals surface area contributed by atoms with Gasteiger partial charge in [-0.05, 0) is 42.8 Å². The quantitative estimate of drug-likeness (QED) is 0.499. The number of carbonyl (C=O) groups is 3. The summed E-state index contributed by atoms with van der Waals surface area (Å²) in [7, 11) is 0. The van der Waals surface area contributed by atoms with E-state index in [1.165, 1.54) is 0 Å². The van der Waals surface area contributed by atoms with E-state index < -0.39 is 0 Å². The molecule has 31 heavy (non-hydrogen) atoms. The molecule has 2 aromatic carbocycles. The van der Waals surface area contributed by atoms with E-state index in [4.69, 9.17) is 4.74 Å². The van der Waals surface area contributed by atoms with E-state index >= 15 is 0 Å². The van der Waals surface area contributed by atoms with Gasteiger partial charge in [0, 0.05) is 11.3 Å². The zero-order chi connectivity index (χ0) is 22.1. The maximum absolute atomic E-state index is 12.5. The van der Waals surface area contributed by atoms with Gasteiger partial charge in [0.15, 0.2) is 6.54 Å². The Balaban J connectivity index is 1.42. The highest BCUT2D eigenvalue weighted by atomic mass is 16.5. The van der Waals surface area contributed by atoms with Gasteiger partial charge in [-0.1, -0.05) is 31.5 Å². The first-order valence-electron chi connectivity index (χ1n) is 10.8. The van der Waals surface area contributed by atoms with Gasteiger partial charge in [-0.2, -0.15) is 0 Å². The van der Waals surface area contributed by atoms with Crippen LogP contribution in [-0.4, -0.2) is 62.0 Å². The topological polar surface area (TPSA) is 80.2 Å². The Morgan fingerprint density at radius 1 is 0.968 bits per heavy atom. The van der Waals surface area contributed by atoms with E-state index in [0.717, 1.165) is 30.8 Å². The molecule has 2 amide bonds. The maximum atomic E-state index is 12.5. The molecule has 0 aromatic heterocycles. The molecule has 0 unspecified atom stereocenters. The summed E-state index contributed by atoms with van der Waals surface area (Å²) in [4.78, 5) is 39.9. The lowest BCUT2D eigenvalue weighted by atomic mass is 10.2. The largest absolute Gasteiger partial charge is 0.462 e. The van der Waals surface area contributed by atoms with Crippen molar-refractivity contribution in [3.8, 4) is 0 Å². The van der Waals surface area contributed by atoms with Crippen molar-refractivity contribution in [1.29, 1.82) is 0 Å². The summed E-state index contributed by atoms with van der Waals surface area (Å²) < 4.78 is 5.19. The van der Waals surface area contributed by atoms with Crippen LogP contribution in [0.25, 0.3) is 0 Å². The van der Waals surface area contributed by atoms with Crippen molar-refractivity contribution in [3.05, 3.63) is 65.7 Å². The van der Waals surface area contributed by atoms with Gasteiger partial charge in [0.25, 0.3) is 11.8 Å². The Labute approximate surface area is 183 Å². The molecule has 2 aromatic rings. The highest BCUT2D eigenvalue weighted by Crippen LogP contribution is 2.11. The molecular weight excluding hydrogens is 394 g/mol. The van der Waals surface area contributed by atoms with Gasteiger partial charge < -0.3 is 19.9 Å². The second-order valence-corrected chi connectivity index (χ2v) is 7.70. The van der Waals surface area contributed by atoms with E-state index in [1.54, 1.807) is 24.3 Å². The van der Waals surface area contributed by atoms with Gasteiger partial charge in [0.1, 0.15) is 0 Å². The smallest absolute Gasteiger partial charge is 0.338 e. The van der Waals surface area contributed by atoms with Crippen molar-refractivity contribution in [1.82, 2.24) is 4.90 Å². The first-order valence-corrected chi connectivity index (χ1v) is 10.8. The highest BCUT2D eigenvalue weighted by molar-refractivity contribution is 5.94. The Hall–Kier alpha value is -3.19.